The lowest BCUT2D eigenvalue weighted by molar-refractivity contribution is -0.139. The van der Waals surface area contributed by atoms with Crippen LogP contribution in [0.4, 0.5) is 4.39 Å². The smallest absolute Gasteiger partial charge is 0.264 e. The van der Waals surface area contributed by atoms with Crippen molar-refractivity contribution in [1.82, 2.24) is 15.1 Å². The van der Waals surface area contributed by atoms with E-state index in [1.807, 2.05) is 24.0 Å². The average molecular weight is 329 g/mol. The van der Waals surface area contributed by atoms with Crippen molar-refractivity contribution in [2.45, 2.75) is 38.2 Å². The minimum Gasteiger partial charge on any atom is -0.477 e. The van der Waals surface area contributed by atoms with Crippen LogP contribution >= 0.6 is 0 Å². The van der Waals surface area contributed by atoms with Gasteiger partial charge in [0.15, 0.2) is 17.7 Å². The molecule has 2 unspecified atom stereocenters. The van der Waals surface area contributed by atoms with Crippen LogP contribution < -0.4 is 4.74 Å². The Hall–Kier alpha value is -2.37. The molecule has 1 amide bonds. The maximum Gasteiger partial charge on any atom is 0.264 e. The van der Waals surface area contributed by atoms with Gasteiger partial charge in [0.1, 0.15) is 0 Å². The number of para-hydroxylation sites is 1. The molecule has 1 N–H and O–H groups in total. The molecule has 6 heteroatoms. The molecule has 3 heterocycles. The fourth-order valence-electron chi connectivity index (χ4n) is 3.64. The van der Waals surface area contributed by atoms with Crippen LogP contribution in [0.15, 0.2) is 24.3 Å². The van der Waals surface area contributed by atoms with Gasteiger partial charge in [0, 0.05) is 36.7 Å². The number of H-pyrrole nitrogens is 1. The lowest BCUT2D eigenvalue weighted by Crippen LogP contribution is -2.46. The highest BCUT2D eigenvalue weighted by molar-refractivity contribution is 5.82. The van der Waals surface area contributed by atoms with Gasteiger partial charge in [0.2, 0.25) is 0 Å². The van der Waals surface area contributed by atoms with Gasteiger partial charge in [-0.25, -0.2) is 4.39 Å². The Kier molecular flexibility index (Phi) is 3.75. The van der Waals surface area contributed by atoms with Crippen LogP contribution in [-0.4, -0.2) is 40.2 Å². The van der Waals surface area contributed by atoms with Crippen LogP contribution in [-0.2, 0) is 11.2 Å². The minimum absolute atomic E-state index is 0.0532. The molecule has 1 saturated heterocycles. The second kappa shape index (κ2) is 5.92. The van der Waals surface area contributed by atoms with Crippen molar-refractivity contribution >= 4 is 5.91 Å². The molecule has 0 saturated carbocycles. The van der Waals surface area contributed by atoms with Crippen molar-refractivity contribution in [3.05, 3.63) is 47.0 Å². The Balaban J connectivity index is 1.46. The first kappa shape index (κ1) is 15.2. The number of benzene rings is 1. The molecule has 2 aromatic rings. The number of aryl methyl sites for hydroxylation is 1. The molecule has 2 aliphatic rings. The third-order valence-corrected chi connectivity index (χ3v) is 4.87. The summed E-state index contributed by atoms with van der Waals surface area (Å²) in [6.45, 7) is 3.33. The van der Waals surface area contributed by atoms with Gasteiger partial charge in [-0.05, 0) is 31.9 Å². The number of aromatic nitrogens is 2. The number of piperidine rings is 1. The number of amides is 1. The van der Waals surface area contributed by atoms with Crippen LogP contribution in [0.2, 0.25) is 0 Å². The quantitative estimate of drug-likeness (QED) is 0.921. The number of carbonyl (C=O) groups excluding carboxylic acids is 1. The number of nitrogens with one attached hydrogen (secondary N) is 1. The van der Waals surface area contributed by atoms with Crippen molar-refractivity contribution < 1.29 is 13.9 Å². The Morgan fingerprint density at radius 2 is 2.33 bits per heavy atom. The van der Waals surface area contributed by atoms with Crippen molar-refractivity contribution in [1.29, 1.82) is 0 Å². The number of hydrogen-bond acceptors (Lipinski definition) is 3. The van der Waals surface area contributed by atoms with Crippen LogP contribution in [0.5, 0.6) is 5.75 Å². The Morgan fingerprint density at radius 3 is 3.08 bits per heavy atom. The zero-order valence-corrected chi connectivity index (χ0v) is 13.6. The maximum atomic E-state index is 13.8. The third-order valence-electron chi connectivity index (χ3n) is 4.87. The number of carbonyl (C=O) groups is 1. The van der Waals surface area contributed by atoms with Gasteiger partial charge < -0.3 is 9.64 Å². The van der Waals surface area contributed by atoms with Crippen LogP contribution in [0.3, 0.4) is 0 Å². The summed E-state index contributed by atoms with van der Waals surface area (Å²) in [7, 11) is 0. The number of likely N-dealkylation sites (tertiary alicyclic amines) is 1. The van der Waals surface area contributed by atoms with Crippen molar-refractivity contribution in [3.63, 3.8) is 0 Å². The summed E-state index contributed by atoms with van der Waals surface area (Å²) in [6.07, 6.45) is 1.79. The second-order valence-corrected chi connectivity index (χ2v) is 6.64. The highest BCUT2D eigenvalue weighted by Crippen LogP contribution is 2.33. The number of hydrogen-bond donors (Lipinski definition) is 1. The predicted octanol–water partition coefficient (Wildman–Crippen LogP) is 2.57. The van der Waals surface area contributed by atoms with Crippen LogP contribution in [0.1, 0.15) is 35.7 Å². The number of halogens is 1. The van der Waals surface area contributed by atoms with Crippen LogP contribution in [0, 0.1) is 12.7 Å². The largest absolute Gasteiger partial charge is 0.477 e. The normalized spacial score (nSPS) is 23.0. The van der Waals surface area contributed by atoms with E-state index >= 15 is 0 Å². The van der Waals surface area contributed by atoms with Gasteiger partial charge in [0.05, 0.1) is 5.69 Å². The van der Waals surface area contributed by atoms with Gasteiger partial charge in [-0.15, -0.1) is 0 Å². The first-order valence-electron chi connectivity index (χ1n) is 8.36. The van der Waals surface area contributed by atoms with Crippen LogP contribution in [0.25, 0.3) is 0 Å². The van der Waals surface area contributed by atoms with E-state index in [1.165, 1.54) is 6.07 Å². The fraction of sp³-hybridized carbons (Fsp3) is 0.444. The Morgan fingerprint density at radius 1 is 1.46 bits per heavy atom. The first-order valence-corrected chi connectivity index (χ1v) is 8.36. The molecule has 1 fully saturated rings. The molecule has 5 nitrogen and oxygen atoms in total. The molecule has 0 aliphatic carbocycles. The number of fused-ring (bicyclic) bond motifs is 1. The van der Waals surface area contributed by atoms with Crippen molar-refractivity contribution in [2.24, 2.45) is 0 Å². The lowest BCUT2D eigenvalue weighted by Gasteiger charge is -2.33. The molecule has 1 aromatic heterocycles. The monoisotopic (exact) mass is 329 g/mol. The molecule has 4 rings (SSSR count). The SMILES string of the molecule is Cc1cc(C2CCCN(C(=O)C3Cc4cccc(F)c4O3)C2)n[nH]1. The van der Waals surface area contributed by atoms with Gasteiger partial charge in [-0.3, -0.25) is 9.89 Å². The number of nitrogens with zero attached hydrogens (tertiary/aromatic N) is 2. The van der Waals surface area contributed by atoms with Gasteiger partial charge >= 0.3 is 0 Å². The summed E-state index contributed by atoms with van der Waals surface area (Å²) in [5.74, 6) is 0.0226. The number of ether oxygens (including phenoxy) is 1. The molecule has 2 aliphatic heterocycles. The molecular weight excluding hydrogens is 309 g/mol. The van der Waals surface area contributed by atoms with Gasteiger partial charge in [-0.1, -0.05) is 12.1 Å². The summed E-state index contributed by atoms with van der Waals surface area (Å²) in [4.78, 5) is 14.7. The van der Waals surface area contributed by atoms with Gasteiger partial charge in [0.25, 0.3) is 5.91 Å². The lowest BCUT2D eigenvalue weighted by atomic mass is 9.94. The Bertz CT molecular complexity index is 773. The molecule has 0 bridgehead atoms. The topological polar surface area (TPSA) is 58.2 Å². The number of aromatic amines is 1. The standard InChI is InChI=1S/C18H20FN3O2/c1-11-8-15(21-20-11)13-5-3-7-22(10-13)18(23)16-9-12-4-2-6-14(19)17(12)24-16/h2,4,6,8,13,16H,3,5,7,9-10H2,1H3,(H,20,21). The number of rotatable bonds is 2. The van der Waals surface area contributed by atoms with E-state index < -0.39 is 11.9 Å². The summed E-state index contributed by atoms with van der Waals surface area (Å²) in [5, 5.41) is 7.29. The molecule has 126 valence electrons. The van der Waals surface area contributed by atoms with E-state index in [1.54, 1.807) is 6.07 Å². The molecule has 0 spiro atoms. The van der Waals surface area contributed by atoms with E-state index in [2.05, 4.69) is 10.2 Å². The highest BCUT2D eigenvalue weighted by atomic mass is 19.1. The molecule has 24 heavy (non-hydrogen) atoms. The predicted molar refractivity (Wildman–Crippen MR) is 86.4 cm³/mol. The minimum atomic E-state index is -0.614. The molecular formula is C18H20FN3O2. The average Bonchev–Trinajstić information content (AvgIpc) is 3.21. The van der Waals surface area contributed by atoms with Crippen molar-refractivity contribution in [2.75, 3.05) is 13.1 Å². The van der Waals surface area contributed by atoms with E-state index in [4.69, 9.17) is 4.74 Å². The Labute approximate surface area is 139 Å². The maximum absolute atomic E-state index is 13.8. The van der Waals surface area contributed by atoms with E-state index in [0.717, 1.165) is 36.3 Å². The summed E-state index contributed by atoms with van der Waals surface area (Å²) < 4.78 is 19.4. The fourth-order valence-corrected chi connectivity index (χ4v) is 3.64. The summed E-state index contributed by atoms with van der Waals surface area (Å²) in [5.41, 5.74) is 2.80. The molecule has 2 atom stereocenters. The van der Waals surface area contributed by atoms with Gasteiger partial charge in [-0.2, -0.15) is 5.10 Å². The summed E-state index contributed by atoms with van der Waals surface area (Å²) >= 11 is 0. The second-order valence-electron chi connectivity index (χ2n) is 6.64. The first-order chi connectivity index (χ1) is 11.6. The highest BCUT2D eigenvalue weighted by Gasteiger charge is 2.36. The zero-order valence-electron chi connectivity index (χ0n) is 13.6. The van der Waals surface area contributed by atoms with E-state index in [9.17, 15) is 9.18 Å². The van der Waals surface area contributed by atoms with E-state index in [0.29, 0.717) is 13.0 Å². The molecule has 0 radical (unpaired) electrons. The third kappa shape index (κ3) is 2.66. The zero-order chi connectivity index (χ0) is 16.7. The summed E-state index contributed by atoms with van der Waals surface area (Å²) in [6, 6.07) is 6.87. The molecule has 1 aromatic carbocycles. The van der Waals surface area contributed by atoms with E-state index in [-0.39, 0.29) is 17.6 Å². The van der Waals surface area contributed by atoms with Crippen molar-refractivity contribution in [3.8, 4) is 5.75 Å².